The molecule has 2 aromatic carbocycles. The predicted molar refractivity (Wildman–Crippen MR) is 118 cm³/mol. The Morgan fingerprint density at radius 2 is 1.93 bits per heavy atom. The number of hydrogen-bond donors (Lipinski definition) is 1. The molecule has 0 bridgehead atoms. The number of rotatable bonds is 6. The summed E-state index contributed by atoms with van der Waals surface area (Å²) >= 11 is 7.41. The lowest BCUT2D eigenvalue weighted by molar-refractivity contribution is -0.118. The van der Waals surface area contributed by atoms with E-state index in [9.17, 15) is 9.59 Å². The van der Waals surface area contributed by atoms with Gasteiger partial charge in [0.25, 0.3) is 5.56 Å². The maximum atomic E-state index is 13.2. The van der Waals surface area contributed by atoms with Crippen LogP contribution >= 0.6 is 23.4 Å². The second kappa shape index (κ2) is 9.01. The second-order valence-electron chi connectivity index (χ2n) is 7.22. The van der Waals surface area contributed by atoms with Crippen molar-refractivity contribution in [2.45, 2.75) is 43.4 Å². The number of fused-ring (bicyclic) bond motifs is 1. The normalized spacial score (nSPS) is 14.4. The zero-order chi connectivity index (χ0) is 20.2. The summed E-state index contributed by atoms with van der Waals surface area (Å²) in [7, 11) is 0. The standard InChI is InChI=1S/C22H22ClN3O2S/c23-16-10-11-18-19(12-16)25-22(26(21(18)28)17-8-4-5-9-17)29-14-20(27)24-13-15-6-2-1-3-7-15/h1-3,6-7,10-12,17H,4-5,8-9,13-14H2,(H,24,27). The van der Waals surface area contributed by atoms with Gasteiger partial charge in [0.2, 0.25) is 5.91 Å². The lowest BCUT2D eigenvalue weighted by Crippen LogP contribution is -2.28. The number of benzene rings is 2. The molecule has 1 aliphatic carbocycles. The van der Waals surface area contributed by atoms with Gasteiger partial charge < -0.3 is 5.32 Å². The highest BCUT2D eigenvalue weighted by Gasteiger charge is 2.23. The van der Waals surface area contributed by atoms with E-state index in [0.29, 0.717) is 27.6 Å². The number of nitrogens with one attached hydrogen (secondary N) is 1. The highest BCUT2D eigenvalue weighted by Crippen LogP contribution is 2.32. The molecule has 4 rings (SSSR count). The molecule has 1 amide bonds. The maximum absolute atomic E-state index is 13.2. The SMILES string of the molecule is O=C(CSc1nc2cc(Cl)ccc2c(=O)n1C1CCCC1)NCc1ccccc1. The van der Waals surface area contributed by atoms with Crippen molar-refractivity contribution >= 4 is 40.2 Å². The molecule has 0 spiro atoms. The average molecular weight is 428 g/mol. The Labute approximate surface area is 178 Å². The highest BCUT2D eigenvalue weighted by molar-refractivity contribution is 7.99. The first-order valence-electron chi connectivity index (χ1n) is 9.77. The molecule has 5 nitrogen and oxygen atoms in total. The van der Waals surface area contributed by atoms with Crippen molar-refractivity contribution in [1.82, 2.24) is 14.9 Å². The topological polar surface area (TPSA) is 64.0 Å². The van der Waals surface area contributed by atoms with Crippen molar-refractivity contribution in [3.05, 3.63) is 69.5 Å². The van der Waals surface area contributed by atoms with Crippen molar-refractivity contribution in [2.75, 3.05) is 5.75 Å². The van der Waals surface area contributed by atoms with E-state index in [2.05, 4.69) is 5.32 Å². The zero-order valence-electron chi connectivity index (χ0n) is 15.9. The molecule has 1 aromatic heterocycles. The van der Waals surface area contributed by atoms with Crippen LogP contribution in [0.5, 0.6) is 0 Å². The van der Waals surface area contributed by atoms with Gasteiger partial charge >= 0.3 is 0 Å². The minimum absolute atomic E-state index is 0.0502. The summed E-state index contributed by atoms with van der Waals surface area (Å²) in [4.78, 5) is 30.2. The summed E-state index contributed by atoms with van der Waals surface area (Å²) in [5.74, 6) is 0.121. The van der Waals surface area contributed by atoms with Crippen LogP contribution in [0.2, 0.25) is 5.02 Å². The van der Waals surface area contributed by atoms with Crippen LogP contribution in [-0.2, 0) is 11.3 Å². The van der Waals surface area contributed by atoms with Crippen LogP contribution < -0.4 is 10.9 Å². The van der Waals surface area contributed by atoms with E-state index >= 15 is 0 Å². The van der Waals surface area contributed by atoms with Crippen LogP contribution in [0, 0.1) is 0 Å². The van der Waals surface area contributed by atoms with Gasteiger partial charge in [0.1, 0.15) is 0 Å². The molecule has 1 saturated carbocycles. The van der Waals surface area contributed by atoms with Gasteiger partial charge in [0.05, 0.1) is 16.7 Å². The van der Waals surface area contributed by atoms with Gasteiger partial charge in [-0.15, -0.1) is 0 Å². The van der Waals surface area contributed by atoms with Crippen molar-refractivity contribution in [3.8, 4) is 0 Å². The Bertz CT molecular complexity index is 1080. The summed E-state index contributed by atoms with van der Waals surface area (Å²) in [5, 5.41) is 4.62. The molecule has 0 aliphatic heterocycles. The van der Waals surface area contributed by atoms with E-state index in [1.165, 1.54) is 11.8 Å². The molecule has 0 atom stereocenters. The molecule has 29 heavy (non-hydrogen) atoms. The minimum Gasteiger partial charge on any atom is -0.351 e. The number of amides is 1. The highest BCUT2D eigenvalue weighted by atomic mass is 35.5. The zero-order valence-corrected chi connectivity index (χ0v) is 17.5. The van der Waals surface area contributed by atoms with E-state index in [-0.39, 0.29) is 23.3 Å². The van der Waals surface area contributed by atoms with Gasteiger partial charge in [-0.3, -0.25) is 14.2 Å². The lowest BCUT2D eigenvalue weighted by atomic mass is 10.2. The molecule has 0 radical (unpaired) electrons. The van der Waals surface area contributed by atoms with E-state index in [1.54, 1.807) is 22.8 Å². The van der Waals surface area contributed by atoms with Crippen molar-refractivity contribution < 1.29 is 4.79 Å². The van der Waals surface area contributed by atoms with Crippen molar-refractivity contribution in [3.63, 3.8) is 0 Å². The van der Waals surface area contributed by atoms with Gasteiger partial charge in [0, 0.05) is 17.6 Å². The third-order valence-corrected chi connectivity index (χ3v) is 6.37. The average Bonchev–Trinajstić information content (AvgIpc) is 3.25. The molecular weight excluding hydrogens is 406 g/mol. The fraction of sp³-hybridized carbons (Fsp3) is 0.318. The summed E-state index contributed by atoms with van der Waals surface area (Å²) < 4.78 is 1.79. The van der Waals surface area contributed by atoms with Crippen LogP contribution in [0.15, 0.2) is 58.5 Å². The Balaban J connectivity index is 1.55. The molecular formula is C22H22ClN3O2S. The second-order valence-corrected chi connectivity index (χ2v) is 8.60. The van der Waals surface area contributed by atoms with Crippen LogP contribution in [0.1, 0.15) is 37.3 Å². The monoisotopic (exact) mass is 427 g/mol. The molecule has 0 saturated heterocycles. The molecule has 3 aromatic rings. The number of aromatic nitrogens is 2. The lowest BCUT2D eigenvalue weighted by Gasteiger charge is -2.18. The number of hydrogen-bond acceptors (Lipinski definition) is 4. The van der Waals surface area contributed by atoms with Crippen LogP contribution in [-0.4, -0.2) is 21.2 Å². The van der Waals surface area contributed by atoms with Crippen molar-refractivity contribution in [1.29, 1.82) is 0 Å². The van der Waals surface area contributed by atoms with Gasteiger partial charge in [-0.1, -0.05) is 66.5 Å². The fourth-order valence-corrected chi connectivity index (χ4v) is 4.78. The largest absolute Gasteiger partial charge is 0.351 e. The quantitative estimate of drug-likeness (QED) is 0.462. The number of halogens is 1. The van der Waals surface area contributed by atoms with Gasteiger partial charge in [-0.25, -0.2) is 4.98 Å². The number of thioether (sulfide) groups is 1. The predicted octanol–water partition coefficient (Wildman–Crippen LogP) is 4.57. The van der Waals surface area contributed by atoms with E-state index < -0.39 is 0 Å². The molecule has 1 heterocycles. The molecule has 7 heteroatoms. The summed E-state index contributed by atoms with van der Waals surface area (Å²) in [6.45, 7) is 0.483. The van der Waals surface area contributed by atoms with Gasteiger partial charge in [0.15, 0.2) is 5.16 Å². The molecule has 0 unspecified atom stereocenters. The Morgan fingerprint density at radius 3 is 2.69 bits per heavy atom. The third kappa shape index (κ3) is 4.65. The third-order valence-electron chi connectivity index (χ3n) is 5.19. The minimum atomic E-state index is -0.0859. The first-order chi connectivity index (χ1) is 14.1. The summed E-state index contributed by atoms with van der Waals surface area (Å²) in [6, 6.07) is 15.1. The van der Waals surface area contributed by atoms with Crippen molar-refractivity contribution in [2.24, 2.45) is 0 Å². The number of carbonyl (C=O) groups excluding carboxylic acids is 1. The number of carbonyl (C=O) groups is 1. The molecule has 1 N–H and O–H groups in total. The fourth-order valence-electron chi connectivity index (χ4n) is 3.72. The smallest absolute Gasteiger partial charge is 0.262 e. The van der Waals surface area contributed by atoms with Gasteiger partial charge in [-0.2, -0.15) is 0 Å². The maximum Gasteiger partial charge on any atom is 0.262 e. The summed E-state index contributed by atoms with van der Waals surface area (Å²) in [5.41, 5.74) is 1.57. The Morgan fingerprint density at radius 1 is 1.17 bits per heavy atom. The van der Waals surface area contributed by atoms with Gasteiger partial charge in [-0.05, 0) is 36.6 Å². The van der Waals surface area contributed by atoms with E-state index in [4.69, 9.17) is 16.6 Å². The summed E-state index contributed by atoms with van der Waals surface area (Å²) in [6.07, 6.45) is 4.15. The first kappa shape index (κ1) is 20.0. The molecule has 1 fully saturated rings. The first-order valence-corrected chi connectivity index (χ1v) is 11.1. The van der Waals surface area contributed by atoms with E-state index in [0.717, 1.165) is 31.2 Å². The molecule has 150 valence electrons. The van der Waals surface area contributed by atoms with Crippen LogP contribution in [0.25, 0.3) is 10.9 Å². The van der Waals surface area contributed by atoms with E-state index in [1.807, 2.05) is 30.3 Å². The Kier molecular flexibility index (Phi) is 6.21. The number of nitrogens with zero attached hydrogens (tertiary/aromatic N) is 2. The van der Waals surface area contributed by atoms with Crippen LogP contribution in [0.3, 0.4) is 0 Å². The van der Waals surface area contributed by atoms with Crippen LogP contribution in [0.4, 0.5) is 0 Å². The molecule has 1 aliphatic rings. The Hall–Kier alpha value is -2.31.